The van der Waals surface area contributed by atoms with Gasteiger partial charge in [-0.15, -0.1) is 0 Å². The summed E-state index contributed by atoms with van der Waals surface area (Å²) in [5.74, 6) is 0.835. The zero-order valence-electron chi connectivity index (χ0n) is 18.8. The monoisotopic (exact) mass is 426 g/mol. The first-order valence-electron chi connectivity index (χ1n) is 10.8. The number of rotatable bonds is 9. The molecule has 7 nitrogen and oxygen atoms in total. The average molecular weight is 427 g/mol. The SMILES string of the molecule is COc1ccc(CCNC(=O)NCC(c2ccc(N(C)C)cc2)N2CCOCC2)cc1. The van der Waals surface area contributed by atoms with Crippen LogP contribution < -0.4 is 20.3 Å². The Morgan fingerprint density at radius 3 is 2.35 bits per heavy atom. The standard InChI is InChI=1S/C24H34N4O3/c1-27(2)21-8-6-20(7-9-21)23(28-14-16-31-17-15-28)18-26-24(29)25-13-12-19-4-10-22(30-3)11-5-19/h4-11,23H,12-18H2,1-3H3,(H2,25,26,29). The highest BCUT2D eigenvalue weighted by Gasteiger charge is 2.23. The molecule has 1 heterocycles. The Bertz CT molecular complexity index is 803. The molecule has 0 bridgehead atoms. The number of urea groups is 1. The minimum atomic E-state index is -0.142. The van der Waals surface area contributed by atoms with Gasteiger partial charge in [0.05, 0.1) is 26.4 Å². The van der Waals surface area contributed by atoms with E-state index in [4.69, 9.17) is 9.47 Å². The van der Waals surface area contributed by atoms with Gasteiger partial charge in [0.2, 0.25) is 0 Å². The van der Waals surface area contributed by atoms with E-state index in [1.54, 1.807) is 7.11 Å². The zero-order valence-corrected chi connectivity index (χ0v) is 18.8. The van der Waals surface area contributed by atoms with Gasteiger partial charge in [-0.2, -0.15) is 0 Å². The van der Waals surface area contributed by atoms with Crippen LogP contribution in [-0.4, -0.2) is 71.5 Å². The first kappa shape index (κ1) is 22.9. The molecule has 2 N–H and O–H groups in total. The number of morpholine rings is 1. The van der Waals surface area contributed by atoms with Crippen LogP contribution in [0.25, 0.3) is 0 Å². The molecular weight excluding hydrogens is 392 g/mol. The smallest absolute Gasteiger partial charge is 0.314 e. The summed E-state index contributed by atoms with van der Waals surface area (Å²) in [7, 11) is 5.72. The van der Waals surface area contributed by atoms with Gasteiger partial charge < -0.3 is 25.0 Å². The molecule has 1 fully saturated rings. The predicted molar refractivity (Wildman–Crippen MR) is 124 cm³/mol. The maximum Gasteiger partial charge on any atom is 0.314 e. The van der Waals surface area contributed by atoms with E-state index in [2.05, 4.69) is 44.7 Å². The molecule has 1 unspecified atom stereocenters. The summed E-state index contributed by atoms with van der Waals surface area (Å²) in [6.07, 6.45) is 0.774. The molecule has 168 valence electrons. The molecule has 0 aliphatic carbocycles. The second kappa shape index (κ2) is 11.6. The second-order valence-electron chi connectivity index (χ2n) is 7.88. The van der Waals surface area contributed by atoms with Crippen molar-refractivity contribution in [1.29, 1.82) is 0 Å². The molecule has 0 aromatic heterocycles. The van der Waals surface area contributed by atoms with Gasteiger partial charge in [-0.25, -0.2) is 4.79 Å². The lowest BCUT2D eigenvalue weighted by molar-refractivity contribution is 0.0167. The van der Waals surface area contributed by atoms with Crippen LogP contribution >= 0.6 is 0 Å². The van der Waals surface area contributed by atoms with Gasteiger partial charge in [-0.05, 0) is 41.8 Å². The Kier molecular flexibility index (Phi) is 8.55. The summed E-state index contributed by atoms with van der Waals surface area (Å²) in [6, 6.07) is 16.4. The van der Waals surface area contributed by atoms with E-state index in [9.17, 15) is 4.79 Å². The van der Waals surface area contributed by atoms with E-state index in [0.29, 0.717) is 13.1 Å². The highest BCUT2D eigenvalue weighted by atomic mass is 16.5. The van der Waals surface area contributed by atoms with Crippen molar-refractivity contribution in [2.75, 3.05) is 65.5 Å². The summed E-state index contributed by atoms with van der Waals surface area (Å²) in [4.78, 5) is 16.9. The topological polar surface area (TPSA) is 66.1 Å². The number of hydrogen-bond donors (Lipinski definition) is 2. The molecule has 1 atom stereocenters. The number of nitrogens with zero attached hydrogens (tertiary/aromatic N) is 2. The highest BCUT2D eigenvalue weighted by Crippen LogP contribution is 2.23. The fraction of sp³-hybridized carbons (Fsp3) is 0.458. The Labute approximate surface area is 185 Å². The lowest BCUT2D eigenvalue weighted by atomic mass is 10.0. The molecule has 1 aliphatic rings. The van der Waals surface area contributed by atoms with Crippen molar-refractivity contribution < 1.29 is 14.3 Å². The van der Waals surface area contributed by atoms with Gasteiger partial charge in [0.25, 0.3) is 0 Å². The number of carbonyl (C=O) groups excluding carboxylic acids is 1. The van der Waals surface area contributed by atoms with Crippen LogP contribution in [0.2, 0.25) is 0 Å². The van der Waals surface area contributed by atoms with Crippen LogP contribution in [0.15, 0.2) is 48.5 Å². The third-order valence-electron chi connectivity index (χ3n) is 5.59. The zero-order chi connectivity index (χ0) is 22.1. The summed E-state index contributed by atoms with van der Waals surface area (Å²) in [5, 5.41) is 6.02. The number of methoxy groups -OCH3 is 1. The van der Waals surface area contributed by atoms with Crippen molar-refractivity contribution >= 4 is 11.7 Å². The molecule has 31 heavy (non-hydrogen) atoms. The lowest BCUT2D eigenvalue weighted by Crippen LogP contribution is -2.46. The molecule has 1 aliphatic heterocycles. The number of ether oxygens (including phenoxy) is 2. The van der Waals surface area contributed by atoms with Crippen molar-refractivity contribution in [3.8, 4) is 5.75 Å². The Morgan fingerprint density at radius 1 is 1.06 bits per heavy atom. The second-order valence-corrected chi connectivity index (χ2v) is 7.88. The van der Waals surface area contributed by atoms with Crippen molar-refractivity contribution in [3.05, 3.63) is 59.7 Å². The van der Waals surface area contributed by atoms with Gasteiger partial charge in [-0.3, -0.25) is 4.90 Å². The molecule has 2 aromatic rings. The van der Waals surface area contributed by atoms with Gasteiger partial charge in [0.15, 0.2) is 0 Å². The van der Waals surface area contributed by atoms with Crippen LogP contribution in [0.3, 0.4) is 0 Å². The third kappa shape index (κ3) is 6.87. The first-order valence-corrected chi connectivity index (χ1v) is 10.8. The molecule has 0 radical (unpaired) electrons. The van der Waals surface area contributed by atoms with E-state index in [-0.39, 0.29) is 12.1 Å². The van der Waals surface area contributed by atoms with Crippen LogP contribution in [0.1, 0.15) is 17.2 Å². The number of amides is 2. The first-order chi connectivity index (χ1) is 15.1. The largest absolute Gasteiger partial charge is 0.497 e. The molecule has 0 saturated carbocycles. The molecule has 2 amide bonds. The van der Waals surface area contributed by atoms with E-state index < -0.39 is 0 Å². The van der Waals surface area contributed by atoms with Gasteiger partial charge in [0.1, 0.15) is 5.75 Å². The maximum atomic E-state index is 12.4. The number of anilines is 1. The molecule has 3 rings (SSSR count). The maximum absolute atomic E-state index is 12.4. The van der Waals surface area contributed by atoms with Crippen molar-refractivity contribution in [2.24, 2.45) is 0 Å². The van der Waals surface area contributed by atoms with Crippen molar-refractivity contribution in [3.63, 3.8) is 0 Å². The Hall–Kier alpha value is -2.77. The highest BCUT2D eigenvalue weighted by molar-refractivity contribution is 5.73. The minimum Gasteiger partial charge on any atom is -0.497 e. The molecular formula is C24H34N4O3. The van der Waals surface area contributed by atoms with E-state index in [1.165, 1.54) is 5.56 Å². The van der Waals surface area contributed by atoms with Crippen molar-refractivity contribution in [2.45, 2.75) is 12.5 Å². The fourth-order valence-electron chi connectivity index (χ4n) is 3.71. The van der Waals surface area contributed by atoms with Gasteiger partial charge >= 0.3 is 6.03 Å². The lowest BCUT2D eigenvalue weighted by Gasteiger charge is -2.35. The molecule has 0 spiro atoms. The number of benzene rings is 2. The number of nitrogens with one attached hydrogen (secondary N) is 2. The minimum absolute atomic E-state index is 0.118. The Balaban J connectivity index is 1.53. The third-order valence-corrected chi connectivity index (χ3v) is 5.59. The summed E-state index contributed by atoms with van der Waals surface area (Å²) in [6.45, 7) is 4.30. The van der Waals surface area contributed by atoms with Crippen LogP contribution in [0.4, 0.5) is 10.5 Å². The number of carbonyl (C=O) groups is 1. The van der Waals surface area contributed by atoms with Crippen LogP contribution in [0.5, 0.6) is 5.75 Å². The van der Waals surface area contributed by atoms with Crippen LogP contribution in [-0.2, 0) is 11.2 Å². The fourth-order valence-corrected chi connectivity index (χ4v) is 3.71. The van der Waals surface area contributed by atoms with Crippen LogP contribution in [0, 0.1) is 0 Å². The normalized spacial score (nSPS) is 15.2. The number of hydrogen-bond acceptors (Lipinski definition) is 5. The van der Waals surface area contributed by atoms with E-state index in [0.717, 1.165) is 49.7 Å². The predicted octanol–water partition coefficient (Wildman–Crippen LogP) is 2.68. The van der Waals surface area contributed by atoms with E-state index >= 15 is 0 Å². The molecule has 1 saturated heterocycles. The summed E-state index contributed by atoms with van der Waals surface area (Å²) < 4.78 is 10.7. The van der Waals surface area contributed by atoms with Gasteiger partial charge in [-0.1, -0.05) is 24.3 Å². The molecule has 7 heteroatoms. The van der Waals surface area contributed by atoms with E-state index in [1.807, 2.05) is 38.4 Å². The summed E-state index contributed by atoms with van der Waals surface area (Å²) >= 11 is 0. The Morgan fingerprint density at radius 2 is 1.74 bits per heavy atom. The summed E-state index contributed by atoms with van der Waals surface area (Å²) in [5.41, 5.74) is 3.52. The van der Waals surface area contributed by atoms with Crippen molar-refractivity contribution in [1.82, 2.24) is 15.5 Å². The quantitative estimate of drug-likeness (QED) is 0.645. The molecule has 2 aromatic carbocycles. The van der Waals surface area contributed by atoms with Gasteiger partial charge in [0, 0.05) is 46.0 Å². The average Bonchev–Trinajstić information content (AvgIpc) is 2.80.